The fourth-order valence-corrected chi connectivity index (χ4v) is 3.53. The Morgan fingerprint density at radius 1 is 1.22 bits per heavy atom. The lowest BCUT2D eigenvalue weighted by Gasteiger charge is -2.34. The molecule has 0 radical (unpaired) electrons. The summed E-state index contributed by atoms with van der Waals surface area (Å²) in [4.78, 5) is 2.51. The molecule has 2 aliphatic rings. The van der Waals surface area contributed by atoms with E-state index >= 15 is 0 Å². The van der Waals surface area contributed by atoms with Crippen molar-refractivity contribution in [2.75, 3.05) is 39.5 Å². The molecule has 0 aromatic heterocycles. The quantitative estimate of drug-likeness (QED) is 0.801. The van der Waals surface area contributed by atoms with E-state index in [0.29, 0.717) is 17.9 Å². The molecule has 1 aromatic rings. The van der Waals surface area contributed by atoms with Crippen molar-refractivity contribution < 1.29 is 13.9 Å². The van der Waals surface area contributed by atoms with Crippen LogP contribution in [-0.2, 0) is 9.47 Å². The summed E-state index contributed by atoms with van der Waals surface area (Å²) >= 11 is 0. The van der Waals surface area contributed by atoms with Crippen LogP contribution < -0.4 is 0 Å². The number of nitrogens with zero attached hydrogens (tertiary/aromatic N) is 1. The predicted octanol–water partition coefficient (Wildman–Crippen LogP) is 3.45. The van der Waals surface area contributed by atoms with Gasteiger partial charge >= 0.3 is 0 Å². The Morgan fingerprint density at radius 3 is 2.61 bits per heavy atom. The molecular formula is C19H28FNO2. The highest BCUT2D eigenvalue weighted by molar-refractivity contribution is 5.20. The normalized spacial score (nSPS) is 24.9. The first kappa shape index (κ1) is 16.9. The Kier molecular flexibility index (Phi) is 6.03. The Morgan fingerprint density at radius 2 is 1.96 bits per heavy atom. The van der Waals surface area contributed by atoms with Gasteiger partial charge in [0.1, 0.15) is 5.82 Å². The maximum Gasteiger partial charge on any atom is 0.123 e. The molecule has 0 saturated carbocycles. The summed E-state index contributed by atoms with van der Waals surface area (Å²) in [5, 5.41) is 0. The average molecular weight is 321 g/mol. The molecule has 0 aliphatic carbocycles. The van der Waals surface area contributed by atoms with Gasteiger partial charge in [-0.25, -0.2) is 4.39 Å². The Hall–Kier alpha value is -0.970. The second kappa shape index (κ2) is 8.22. The van der Waals surface area contributed by atoms with Crippen molar-refractivity contribution in [3.8, 4) is 0 Å². The molecule has 128 valence electrons. The van der Waals surface area contributed by atoms with Gasteiger partial charge < -0.3 is 14.4 Å². The fraction of sp³-hybridized carbons (Fsp3) is 0.684. The van der Waals surface area contributed by atoms with Gasteiger partial charge in [0.05, 0.1) is 19.3 Å². The van der Waals surface area contributed by atoms with Gasteiger partial charge in [-0.1, -0.05) is 19.1 Å². The van der Waals surface area contributed by atoms with Crippen molar-refractivity contribution in [2.45, 2.75) is 38.2 Å². The summed E-state index contributed by atoms with van der Waals surface area (Å²) < 4.78 is 24.5. The smallest absolute Gasteiger partial charge is 0.123 e. The number of hydrogen-bond donors (Lipinski definition) is 0. The number of piperidine rings is 1. The topological polar surface area (TPSA) is 21.7 Å². The lowest BCUT2D eigenvalue weighted by atomic mass is 9.99. The molecule has 4 heteroatoms. The number of likely N-dealkylation sites (tertiary alicyclic amines) is 1. The van der Waals surface area contributed by atoms with Crippen LogP contribution in [0.1, 0.15) is 37.7 Å². The first-order valence-electron chi connectivity index (χ1n) is 8.88. The van der Waals surface area contributed by atoms with E-state index in [1.165, 1.54) is 5.56 Å². The van der Waals surface area contributed by atoms with Gasteiger partial charge in [0.15, 0.2) is 0 Å². The third-order valence-electron chi connectivity index (χ3n) is 5.10. The monoisotopic (exact) mass is 321 g/mol. The van der Waals surface area contributed by atoms with Crippen molar-refractivity contribution in [3.63, 3.8) is 0 Å². The van der Waals surface area contributed by atoms with Gasteiger partial charge in [-0.2, -0.15) is 0 Å². The van der Waals surface area contributed by atoms with Crippen molar-refractivity contribution in [3.05, 3.63) is 35.6 Å². The van der Waals surface area contributed by atoms with E-state index in [0.717, 1.165) is 58.7 Å². The first-order chi connectivity index (χ1) is 11.2. The SMILES string of the molecule is C[C@@H](CN1CCC(OC[C@@H]2CCOC2)CC1)c1ccc(F)cc1. The van der Waals surface area contributed by atoms with Crippen molar-refractivity contribution in [1.29, 1.82) is 0 Å². The van der Waals surface area contributed by atoms with E-state index in [1.54, 1.807) is 12.1 Å². The lowest BCUT2D eigenvalue weighted by Crippen LogP contribution is -2.39. The third kappa shape index (κ3) is 5.00. The number of ether oxygens (including phenoxy) is 2. The van der Waals surface area contributed by atoms with E-state index in [1.807, 2.05) is 12.1 Å². The van der Waals surface area contributed by atoms with Crippen LogP contribution in [0.4, 0.5) is 4.39 Å². The van der Waals surface area contributed by atoms with Gasteiger partial charge in [-0.15, -0.1) is 0 Å². The largest absolute Gasteiger partial charge is 0.381 e. The molecule has 0 bridgehead atoms. The summed E-state index contributed by atoms with van der Waals surface area (Å²) in [5.41, 5.74) is 1.21. The van der Waals surface area contributed by atoms with Gasteiger partial charge in [0, 0.05) is 32.2 Å². The zero-order valence-electron chi connectivity index (χ0n) is 14.0. The van der Waals surface area contributed by atoms with Crippen molar-refractivity contribution >= 4 is 0 Å². The van der Waals surface area contributed by atoms with Crippen LogP contribution in [-0.4, -0.2) is 50.5 Å². The van der Waals surface area contributed by atoms with Crippen molar-refractivity contribution in [1.82, 2.24) is 4.90 Å². The van der Waals surface area contributed by atoms with Crippen LogP contribution in [0.3, 0.4) is 0 Å². The van der Waals surface area contributed by atoms with E-state index in [-0.39, 0.29) is 5.82 Å². The molecule has 2 atom stereocenters. The average Bonchev–Trinajstić information content (AvgIpc) is 3.08. The molecule has 2 saturated heterocycles. The van der Waals surface area contributed by atoms with E-state index < -0.39 is 0 Å². The van der Waals surface area contributed by atoms with Gasteiger partial charge in [0.2, 0.25) is 0 Å². The highest BCUT2D eigenvalue weighted by Crippen LogP contribution is 2.22. The minimum atomic E-state index is -0.161. The maximum atomic E-state index is 13.0. The highest BCUT2D eigenvalue weighted by atomic mass is 19.1. The molecule has 3 nitrogen and oxygen atoms in total. The Labute approximate surface area is 138 Å². The molecule has 0 unspecified atom stereocenters. The number of rotatable bonds is 6. The summed E-state index contributed by atoms with van der Waals surface area (Å²) in [6.45, 7) is 8.07. The molecular weight excluding hydrogens is 293 g/mol. The van der Waals surface area contributed by atoms with Crippen LogP contribution in [0, 0.1) is 11.7 Å². The fourth-order valence-electron chi connectivity index (χ4n) is 3.53. The standard InChI is InChI=1S/C19H28FNO2/c1-15(17-2-4-18(20)5-3-17)12-21-9-6-19(7-10-21)23-14-16-8-11-22-13-16/h2-5,15-16,19H,6-14H2,1H3/t15-,16+/m0/s1. The molecule has 23 heavy (non-hydrogen) atoms. The van der Waals surface area contributed by atoms with Crippen LogP contribution in [0.15, 0.2) is 24.3 Å². The zero-order valence-corrected chi connectivity index (χ0v) is 14.0. The molecule has 1 aromatic carbocycles. The third-order valence-corrected chi connectivity index (χ3v) is 5.10. The van der Waals surface area contributed by atoms with Crippen LogP contribution in [0.5, 0.6) is 0 Å². The summed E-state index contributed by atoms with van der Waals surface area (Å²) in [6, 6.07) is 6.91. The minimum absolute atomic E-state index is 0.161. The van der Waals surface area contributed by atoms with Gasteiger partial charge in [-0.3, -0.25) is 0 Å². The summed E-state index contributed by atoms with van der Waals surface area (Å²) in [7, 11) is 0. The maximum absolute atomic E-state index is 13.0. The van der Waals surface area contributed by atoms with Gasteiger partial charge in [0.25, 0.3) is 0 Å². The van der Waals surface area contributed by atoms with E-state index in [4.69, 9.17) is 9.47 Å². The molecule has 2 heterocycles. The Bertz CT molecular complexity index is 465. The van der Waals surface area contributed by atoms with Crippen LogP contribution >= 0.6 is 0 Å². The number of benzene rings is 1. The molecule has 3 rings (SSSR count). The minimum Gasteiger partial charge on any atom is -0.381 e. The molecule has 0 N–H and O–H groups in total. The zero-order chi connectivity index (χ0) is 16.1. The first-order valence-corrected chi connectivity index (χ1v) is 8.88. The molecule has 0 amide bonds. The number of hydrogen-bond acceptors (Lipinski definition) is 3. The second-order valence-corrected chi connectivity index (χ2v) is 7.02. The molecule has 2 aliphatic heterocycles. The van der Waals surface area contributed by atoms with Crippen LogP contribution in [0.2, 0.25) is 0 Å². The van der Waals surface area contributed by atoms with Crippen LogP contribution in [0.25, 0.3) is 0 Å². The molecule has 0 spiro atoms. The summed E-state index contributed by atoms with van der Waals surface area (Å²) in [6.07, 6.45) is 3.79. The number of halogens is 1. The molecule has 2 fully saturated rings. The second-order valence-electron chi connectivity index (χ2n) is 7.02. The lowest BCUT2D eigenvalue weighted by molar-refractivity contribution is -0.0110. The van der Waals surface area contributed by atoms with Gasteiger partial charge in [-0.05, 0) is 42.9 Å². The Balaban J connectivity index is 1.37. The van der Waals surface area contributed by atoms with Crippen molar-refractivity contribution in [2.24, 2.45) is 5.92 Å². The summed E-state index contributed by atoms with van der Waals surface area (Å²) in [5.74, 6) is 0.877. The highest BCUT2D eigenvalue weighted by Gasteiger charge is 2.23. The predicted molar refractivity (Wildman–Crippen MR) is 89.2 cm³/mol. The van der Waals surface area contributed by atoms with E-state index in [2.05, 4.69) is 11.8 Å². The van der Waals surface area contributed by atoms with E-state index in [9.17, 15) is 4.39 Å².